The number of aromatic nitrogens is 4. The minimum atomic E-state index is -0.326. The molecule has 0 unspecified atom stereocenters. The molecule has 1 amide bonds. The molecule has 29 heavy (non-hydrogen) atoms. The summed E-state index contributed by atoms with van der Waals surface area (Å²) in [6.07, 6.45) is 1.53. The smallest absolute Gasteiger partial charge is 0.274 e. The van der Waals surface area contributed by atoms with E-state index < -0.39 is 0 Å². The number of nitrogens with one attached hydrogen (secondary N) is 1. The second-order valence-corrected chi connectivity index (χ2v) is 7.13. The number of ether oxygens (including phenoxy) is 1. The zero-order valence-corrected chi connectivity index (χ0v) is 16.3. The molecule has 1 aliphatic heterocycles. The number of amides is 1. The lowest BCUT2D eigenvalue weighted by Crippen LogP contribution is -2.49. The van der Waals surface area contributed by atoms with Crippen LogP contribution in [0.15, 0.2) is 41.5 Å². The summed E-state index contributed by atoms with van der Waals surface area (Å²) in [5, 5.41) is 7.00. The van der Waals surface area contributed by atoms with Gasteiger partial charge >= 0.3 is 0 Å². The van der Waals surface area contributed by atoms with Crippen LogP contribution in [0.1, 0.15) is 24.3 Å². The number of hydrogen-bond acceptors (Lipinski definition) is 7. The van der Waals surface area contributed by atoms with Crippen molar-refractivity contribution in [3.63, 3.8) is 0 Å². The SMILES string of the molecule is CC(C)Oc1ncnc2ccc(N3CCN(C(=O)c4ccc(=O)[nH]n4)CC3)cc12. The van der Waals surface area contributed by atoms with Gasteiger partial charge in [-0.1, -0.05) is 0 Å². The van der Waals surface area contributed by atoms with Gasteiger partial charge in [0.05, 0.1) is 17.0 Å². The minimum Gasteiger partial charge on any atom is -0.474 e. The Morgan fingerprint density at radius 1 is 1.10 bits per heavy atom. The van der Waals surface area contributed by atoms with Crippen LogP contribution >= 0.6 is 0 Å². The van der Waals surface area contributed by atoms with E-state index in [1.165, 1.54) is 18.5 Å². The van der Waals surface area contributed by atoms with E-state index in [9.17, 15) is 9.59 Å². The molecule has 0 aliphatic carbocycles. The van der Waals surface area contributed by atoms with E-state index >= 15 is 0 Å². The third-order valence-electron chi connectivity index (χ3n) is 4.76. The lowest BCUT2D eigenvalue weighted by molar-refractivity contribution is 0.0739. The second kappa shape index (κ2) is 7.86. The largest absolute Gasteiger partial charge is 0.474 e. The second-order valence-electron chi connectivity index (χ2n) is 7.13. The van der Waals surface area contributed by atoms with Crippen molar-refractivity contribution in [3.8, 4) is 5.88 Å². The molecule has 1 N–H and O–H groups in total. The van der Waals surface area contributed by atoms with Crippen molar-refractivity contribution in [2.24, 2.45) is 0 Å². The number of anilines is 1. The van der Waals surface area contributed by atoms with Crippen LogP contribution in [0.2, 0.25) is 0 Å². The predicted octanol–water partition coefficient (Wildman–Crippen LogP) is 1.46. The highest BCUT2D eigenvalue weighted by atomic mass is 16.5. The molecule has 9 nitrogen and oxygen atoms in total. The van der Waals surface area contributed by atoms with Crippen LogP contribution in [-0.4, -0.2) is 63.3 Å². The van der Waals surface area contributed by atoms with E-state index in [4.69, 9.17) is 4.74 Å². The maximum absolute atomic E-state index is 12.6. The first-order valence-electron chi connectivity index (χ1n) is 9.52. The number of nitrogens with zero attached hydrogens (tertiary/aromatic N) is 5. The molecule has 3 aromatic rings. The van der Waals surface area contributed by atoms with Gasteiger partial charge in [0, 0.05) is 37.9 Å². The van der Waals surface area contributed by atoms with Crippen LogP contribution in [0.25, 0.3) is 10.9 Å². The molecule has 0 radical (unpaired) electrons. The lowest BCUT2D eigenvalue weighted by Gasteiger charge is -2.36. The summed E-state index contributed by atoms with van der Waals surface area (Å²) < 4.78 is 5.82. The van der Waals surface area contributed by atoms with Crippen molar-refractivity contribution < 1.29 is 9.53 Å². The quantitative estimate of drug-likeness (QED) is 0.714. The van der Waals surface area contributed by atoms with Gasteiger partial charge < -0.3 is 14.5 Å². The minimum absolute atomic E-state index is 0.0212. The highest BCUT2D eigenvalue weighted by Gasteiger charge is 2.23. The van der Waals surface area contributed by atoms with E-state index in [1.807, 2.05) is 32.0 Å². The molecule has 2 aromatic heterocycles. The van der Waals surface area contributed by atoms with Crippen LogP contribution in [0, 0.1) is 0 Å². The molecule has 1 fully saturated rings. The average Bonchev–Trinajstić information content (AvgIpc) is 2.73. The van der Waals surface area contributed by atoms with Crippen LogP contribution < -0.4 is 15.2 Å². The number of H-pyrrole nitrogens is 1. The third kappa shape index (κ3) is 4.03. The zero-order valence-electron chi connectivity index (χ0n) is 16.3. The molecule has 1 aliphatic rings. The van der Waals surface area contributed by atoms with E-state index in [1.54, 1.807) is 4.90 Å². The molecule has 4 rings (SSSR count). The Bertz CT molecular complexity index is 1070. The number of hydrogen-bond donors (Lipinski definition) is 1. The number of fused-ring (bicyclic) bond motifs is 1. The van der Waals surface area contributed by atoms with Gasteiger partial charge in [-0.15, -0.1) is 0 Å². The molecular weight excluding hydrogens is 372 g/mol. The predicted molar refractivity (Wildman–Crippen MR) is 108 cm³/mol. The first-order chi connectivity index (χ1) is 14.0. The maximum Gasteiger partial charge on any atom is 0.274 e. The van der Waals surface area contributed by atoms with Crippen molar-refractivity contribution in [3.05, 3.63) is 52.7 Å². The molecule has 0 saturated carbocycles. The summed E-state index contributed by atoms with van der Waals surface area (Å²) in [6, 6.07) is 8.78. The third-order valence-corrected chi connectivity index (χ3v) is 4.76. The molecule has 0 spiro atoms. The number of carbonyl (C=O) groups is 1. The lowest BCUT2D eigenvalue weighted by atomic mass is 10.1. The first kappa shape index (κ1) is 18.9. The standard InChI is InChI=1S/C20H22N6O3/c1-13(2)29-19-15-11-14(3-4-16(15)21-12-22-19)25-7-9-26(10-8-25)20(28)17-5-6-18(27)24-23-17/h3-6,11-13H,7-10H2,1-2H3,(H,24,27). The zero-order chi connectivity index (χ0) is 20.4. The van der Waals surface area contributed by atoms with E-state index in [0.717, 1.165) is 16.6 Å². The Hall–Kier alpha value is -3.49. The summed E-state index contributed by atoms with van der Waals surface area (Å²) in [5.41, 5.74) is 1.79. The Balaban J connectivity index is 1.49. The van der Waals surface area contributed by atoms with E-state index in [2.05, 4.69) is 25.1 Å². The van der Waals surface area contributed by atoms with E-state index in [0.29, 0.717) is 32.1 Å². The Labute approximate surface area is 167 Å². The number of piperazine rings is 1. The van der Waals surface area contributed by atoms with Gasteiger partial charge in [0.1, 0.15) is 12.0 Å². The fourth-order valence-corrected chi connectivity index (χ4v) is 3.33. The monoisotopic (exact) mass is 394 g/mol. The van der Waals surface area contributed by atoms with Gasteiger partial charge in [-0.05, 0) is 38.1 Å². The summed E-state index contributed by atoms with van der Waals surface area (Å²) in [6.45, 7) is 6.44. The number of carbonyl (C=O) groups excluding carboxylic acids is 1. The number of benzene rings is 1. The van der Waals surface area contributed by atoms with Crippen molar-refractivity contribution in [2.45, 2.75) is 20.0 Å². The summed E-state index contributed by atoms with van der Waals surface area (Å²) in [7, 11) is 0. The molecule has 1 aromatic carbocycles. The highest BCUT2D eigenvalue weighted by Crippen LogP contribution is 2.28. The van der Waals surface area contributed by atoms with Gasteiger partial charge in [-0.2, -0.15) is 5.10 Å². The van der Waals surface area contributed by atoms with Crippen LogP contribution in [0.3, 0.4) is 0 Å². The summed E-state index contributed by atoms with van der Waals surface area (Å²) in [4.78, 5) is 36.2. The number of aromatic amines is 1. The molecule has 3 heterocycles. The Morgan fingerprint density at radius 3 is 2.59 bits per heavy atom. The number of rotatable bonds is 4. The topological polar surface area (TPSA) is 104 Å². The van der Waals surface area contributed by atoms with Crippen molar-refractivity contribution in [1.29, 1.82) is 0 Å². The van der Waals surface area contributed by atoms with Crippen molar-refractivity contribution in [1.82, 2.24) is 25.1 Å². The molecule has 0 atom stereocenters. The van der Waals surface area contributed by atoms with Crippen molar-refractivity contribution in [2.75, 3.05) is 31.1 Å². The van der Waals surface area contributed by atoms with Gasteiger partial charge in [-0.25, -0.2) is 15.1 Å². The molecule has 1 saturated heterocycles. The van der Waals surface area contributed by atoms with Crippen LogP contribution in [0.5, 0.6) is 5.88 Å². The average molecular weight is 394 g/mol. The summed E-state index contributed by atoms with van der Waals surface area (Å²) >= 11 is 0. The normalized spacial score (nSPS) is 14.4. The van der Waals surface area contributed by atoms with Gasteiger partial charge in [0.2, 0.25) is 5.88 Å². The maximum atomic E-state index is 12.6. The molecule has 0 bridgehead atoms. The Morgan fingerprint density at radius 2 is 1.90 bits per heavy atom. The first-order valence-corrected chi connectivity index (χ1v) is 9.52. The van der Waals surface area contributed by atoms with Crippen LogP contribution in [0.4, 0.5) is 5.69 Å². The fraction of sp³-hybridized carbons (Fsp3) is 0.350. The van der Waals surface area contributed by atoms with E-state index in [-0.39, 0.29) is 23.3 Å². The fourth-order valence-electron chi connectivity index (χ4n) is 3.33. The van der Waals surface area contributed by atoms with Gasteiger partial charge in [0.25, 0.3) is 11.5 Å². The molecule has 9 heteroatoms. The van der Waals surface area contributed by atoms with Gasteiger partial charge in [-0.3, -0.25) is 9.59 Å². The molecular formula is C20H22N6O3. The highest BCUT2D eigenvalue weighted by molar-refractivity contribution is 5.92. The Kier molecular flexibility index (Phi) is 5.11. The van der Waals surface area contributed by atoms with Crippen molar-refractivity contribution >= 4 is 22.5 Å². The van der Waals surface area contributed by atoms with Gasteiger partial charge in [0.15, 0.2) is 0 Å². The molecule has 150 valence electrons. The summed E-state index contributed by atoms with van der Waals surface area (Å²) in [5.74, 6) is 0.394. The van der Waals surface area contributed by atoms with Crippen LogP contribution in [-0.2, 0) is 0 Å².